The molecule has 3 aromatic rings. The van der Waals surface area contributed by atoms with E-state index in [2.05, 4.69) is 112 Å². The minimum Gasteiger partial charge on any atom is -0.381 e. The van der Waals surface area contributed by atoms with Crippen molar-refractivity contribution in [3.05, 3.63) is 119 Å². The predicted octanol–water partition coefficient (Wildman–Crippen LogP) is 8.77. The van der Waals surface area contributed by atoms with Crippen molar-refractivity contribution in [2.45, 2.75) is 104 Å². The van der Waals surface area contributed by atoms with Crippen LogP contribution in [0.4, 0.5) is 15.8 Å². The number of carbonyl (C=O) groups excluding carboxylic acids is 3. The number of amides is 2. The van der Waals surface area contributed by atoms with Crippen molar-refractivity contribution in [2.24, 2.45) is 5.92 Å². The van der Waals surface area contributed by atoms with E-state index in [0.29, 0.717) is 42.3 Å². The van der Waals surface area contributed by atoms with Gasteiger partial charge in [0.1, 0.15) is 18.0 Å². The molecule has 0 bridgehead atoms. The average molecular weight is 986 g/mol. The van der Waals surface area contributed by atoms with Crippen molar-refractivity contribution in [1.82, 2.24) is 35.2 Å². The van der Waals surface area contributed by atoms with Crippen LogP contribution in [-0.2, 0) is 14.3 Å². The predicted molar refractivity (Wildman–Crippen MR) is 289 cm³/mol. The summed E-state index contributed by atoms with van der Waals surface area (Å²) in [5, 5.41) is 9.25. The number of methoxy groups -OCH3 is 1. The van der Waals surface area contributed by atoms with Gasteiger partial charge < -0.3 is 35.4 Å². The van der Waals surface area contributed by atoms with E-state index in [1.807, 2.05) is 37.1 Å². The molecule has 4 saturated heterocycles. The number of carbonyl (C=O) groups is 3. The van der Waals surface area contributed by atoms with E-state index in [4.69, 9.17) is 9.72 Å². The first kappa shape index (κ1) is 54.0. The van der Waals surface area contributed by atoms with Gasteiger partial charge in [0.05, 0.1) is 24.5 Å². The summed E-state index contributed by atoms with van der Waals surface area (Å²) < 4.78 is 20.9. The zero-order chi connectivity index (χ0) is 51.5. The fourth-order valence-corrected chi connectivity index (χ4v) is 10.9. The first-order valence-corrected chi connectivity index (χ1v) is 26.4. The maximum absolute atomic E-state index is 15.5. The van der Waals surface area contributed by atoms with E-state index in [-0.39, 0.29) is 42.6 Å². The Bertz CT molecular complexity index is 2460. The number of likely N-dealkylation sites (N-methyl/N-ethyl adjacent to an activating group) is 1. The lowest BCUT2D eigenvalue weighted by atomic mass is 9.87. The maximum Gasteiger partial charge on any atom is 0.253 e. The highest BCUT2D eigenvalue weighted by Crippen LogP contribution is 2.39. The van der Waals surface area contributed by atoms with Gasteiger partial charge in [-0.2, -0.15) is 0 Å². The molecule has 5 aliphatic rings. The number of aromatic nitrogens is 1. The van der Waals surface area contributed by atoms with Crippen LogP contribution in [0.3, 0.4) is 0 Å². The molecular weight excluding hydrogens is 906 g/mol. The molecule has 0 spiro atoms. The average Bonchev–Trinajstić information content (AvgIpc) is 3.63. The summed E-state index contributed by atoms with van der Waals surface area (Å²) in [6.45, 7) is 24.6. The fourth-order valence-electron chi connectivity index (χ4n) is 10.9. The number of hydrogen-bond donors (Lipinski definition) is 3. The SMILES string of the molecule is C=C/C(=C\C(F)=C(/C)N1CCN(CC2CCN(C(=O)c3ccc(C4CCN(C(C)/C(C)=C/c5c(-c6ccc7c(c6)N(C)C(COC)N7)ccnc5C)CC4)cc3)CC2)CC1)NC1CCC(=O)CNC1=O.CC. The van der Waals surface area contributed by atoms with E-state index in [9.17, 15) is 14.4 Å². The molecule has 13 nitrogen and oxygen atoms in total. The van der Waals surface area contributed by atoms with Crippen LogP contribution in [0.15, 0.2) is 96.3 Å². The number of allylic oxidation sites excluding steroid dienone is 4. The number of hydrogen-bond acceptors (Lipinski definition) is 11. The van der Waals surface area contributed by atoms with Gasteiger partial charge in [0.15, 0.2) is 5.78 Å². The maximum atomic E-state index is 15.5. The van der Waals surface area contributed by atoms with Crippen molar-refractivity contribution in [3.8, 4) is 11.1 Å². The van der Waals surface area contributed by atoms with Gasteiger partial charge in [-0.3, -0.25) is 29.2 Å². The lowest BCUT2D eigenvalue weighted by molar-refractivity contribution is -0.124. The van der Waals surface area contributed by atoms with Crippen LogP contribution in [0, 0.1) is 12.8 Å². The van der Waals surface area contributed by atoms with Gasteiger partial charge in [-0.05, 0) is 144 Å². The number of piperidine rings is 2. The number of ketones is 1. The van der Waals surface area contributed by atoms with Crippen molar-refractivity contribution in [3.63, 3.8) is 0 Å². The summed E-state index contributed by atoms with van der Waals surface area (Å²) in [7, 11) is 3.85. The van der Waals surface area contributed by atoms with E-state index in [1.165, 1.54) is 45.7 Å². The molecule has 72 heavy (non-hydrogen) atoms. The standard InChI is InChI=1S/C56H74FN9O4.C2H6/c1-8-46(60-52-16-14-47(67)34-59-55(52)68)33-50(57)40(5)65-29-27-63(28-30-65)35-41-18-23-66(24-19-41)56(69)44-11-9-42(10-12-44)43-20-25-64(26-21-43)39(4)37(2)31-49-38(3)58-22-17-48(49)45-13-15-51-53(32-45)62(6)54(61-51)36-70-7;1-2/h8-13,15,17,22,31-33,39,41,43,52,54,60-61H,1,14,16,18-21,23-30,34-36H2,2-7H3,(H,59,68);1-2H3/b37-31+,46-33+,50-40-;. The van der Waals surface area contributed by atoms with Crippen LogP contribution in [0.2, 0.25) is 0 Å². The molecule has 388 valence electrons. The van der Waals surface area contributed by atoms with Crippen molar-refractivity contribution in [1.29, 1.82) is 0 Å². The Morgan fingerprint density at radius 2 is 1.65 bits per heavy atom. The van der Waals surface area contributed by atoms with Crippen molar-refractivity contribution >= 4 is 35.0 Å². The molecule has 8 rings (SSSR count). The molecule has 3 unspecified atom stereocenters. The van der Waals surface area contributed by atoms with E-state index >= 15 is 4.39 Å². The van der Waals surface area contributed by atoms with E-state index in [0.717, 1.165) is 102 Å². The van der Waals surface area contributed by atoms with Gasteiger partial charge in [0.2, 0.25) is 5.91 Å². The van der Waals surface area contributed by atoms with Gasteiger partial charge in [0.25, 0.3) is 5.91 Å². The molecule has 0 radical (unpaired) electrons. The second-order valence-electron chi connectivity index (χ2n) is 20.1. The number of anilines is 2. The summed E-state index contributed by atoms with van der Waals surface area (Å²) in [6.07, 6.45) is 12.0. The number of aryl methyl sites for hydroxylation is 1. The Morgan fingerprint density at radius 1 is 0.944 bits per heavy atom. The number of fused-ring (bicyclic) bond motifs is 1. The molecule has 0 aliphatic carbocycles. The number of piperazine rings is 1. The molecule has 2 aromatic carbocycles. The summed E-state index contributed by atoms with van der Waals surface area (Å²) >= 11 is 0. The van der Waals surface area contributed by atoms with Crippen LogP contribution in [0.1, 0.15) is 106 Å². The number of nitrogens with zero attached hydrogens (tertiary/aromatic N) is 6. The molecule has 6 heterocycles. The fraction of sp³-hybridized carbons (Fsp3) is 0.517. The molecule has 0 saturated carbocycles. The number of likely N-dealkylation sites (tertiary alicyclic amines) is 2. The van der Waals surface area contributed by atoms with Crippen LogP contribution in [-0.4, -0.2) is 147 Å². The summed E-state index contributed by atoms with van der Waals surface area (Å²) in [4.78, 5) is 54.0. The first-order chi connectivity index (χ1) is 34.8. The molecule has 5 aliphatic heterocycles. The third-order valence-electron chi connectivity index (χ3n) is 15.7. The van der Waals surface area contributed by atoms with Crippen molar-refractivity contribution < 1.29 is 23.5 Å². The van der Waals surface area contributed by atoms with Crippen molar-refractivity contribution in [2.75, 3.05) is 96.4 Å². The Labute approximate surface area is 428 Å². The smallest absolute Gasteiger partial charge is 0.253 e. The zero-order valence-corrected chi connectivity index (χ0v) is 44.2. The summed E-state index contributed by atoms with van der Waals surface area (Å²) in [5.41, 5.74) is 11.2. The first-order valence-electron chi connectivity index (χ1n) is 26.4. The number of rotatable bonds is 15. The second-order valence-corrected chi connectivity index (χ2v) is 20.1. The molecule has 14 heteroatoms. The Balaban J connectivity index is 0.00000376. The normalized spacial score (nSPS) is 21.7. The second kappa shape index (κ2) is 25.2. The summed E-state index contributed by atoms with van der Waals surface area (Å²) in [6, 6.07) is 16.9. The largest absolute Gasteiger partial charge is 0.381 e. The minimum absolute atomic E-state index is 0.0166. The van der Waals surface area contributed by atoms with Gasteiger partial charge in [-0.25, -0.2) is 4.39 Å². The summed E-state index contributed by atoms with van der Waals surface area (Å²) in [5.74, 6) is 0.444. The number of nitrogens with one attached hydrogen (secondary N) is 3. The number of pyridine rings is 1. The van der Waals surface area contributed by atoms with Crippen LogP contribution >= 0.6 is 0 Å². The minimum atomic E-state index is -0.614. The number of Topliss-reactive ketones (excluding diaryl/α,β-unsaturated/α-hetero) is 1. The highest BCUT2D eigenvalue weighted by atomic mass is 19.1. The van der Waals surface area contributed by atoms with Crippen LogP contribution in [0.5, 0.6) is 0 Å². The number of benzene rings is 2. The monoisotopic (exact) mass is 986 g/mol. The van der Waals surface area contributed by atoms with Gasteiger partial charge >= 0.3 is 0 Å². The Kier molecular flexibility index (Phi) is 18.9. The van der Waals surface area contributed by atoms with Gasteiger partial charge in [0, 0.05) is 107 Å². The van der Waals surface area contributed by atoms with Crippen LogP contribution in [0.25, 0.3) is 17.2 Å². The lowest BCUT2D eigenvalue weighted by Gasteiger charge is -2.40. The zero-order valence-electron chi connectivity index (χ0n) is 44.2. The number of ether oxygens (including phenoxy) is 1. The molecule has 2 amide bonds. The highest BCUT2D eigenvalue weighted by Gasteiger charge is 2.30. The lowest BCUT2D eigenvalue weighted by Crippen LogP contribution is -2.48. The molecule has 1 aromatic heterocycles. The van der Waals surface area contributed by atoms with Crippen LogP contribution < -0.4 is 20.9 Å². The highest BCUT2D eigenvalue weighted by molar-refractivity contribution is 5.94. The molecular formula is C58H80FN9O4. The van der Waals surface area contributed by atoms with Gasteiger partial charge in [-0.1, -0.05) is 50.3 Å². The third-order valence-corrected chi connectivity index (χ3v) is 15.7. The molecule has 3 atom stereocenters. The molecule has 3 N–H and O–H groups in total. The third kappa shape index (κ3) is 13.0. The number of halogens is 1. The topological polar surface area (TPSA) is 126 Å². The quantitative estimate of drug-likeness (QED) is 0.127. The Morgan fingerprint density at radius 3 is 2.33 bits per heavy atom. The Hall–Kier alpha value is -5.83. The molecule has 4 fully saturated rings. The van der Waals surface area contributed by atoms with Gasteiger partial charge in [-0.15, -0.1) is 0 Å². The van der Waals surface area contributed by atoms with E-state index < -0.39 is 6.04 Å². The van der Waals surface area contributed by atoms with E-state index in [1.54, 1.807) is 14.0 Å².